The molecule has 0 N–H and O–H groups in total. The number of aromatic nitrogens is 3. The van der Waals surface area contributed by atoms with Gasteiger partial charge in [-0.05, 0) is 49.8 Å². The molecule has 1 aliphatic rings. The van der Waals surface area contributed by atoms with Gasteiger partial charge in [0.15, 0.2) is 10.9 Å². The van der Waals surface area contributed by atoms with E-state index in [1.807, 2.05) is 23.6 Å². The molecule has 1 heterocycles. The molecule has 4 nitrogen and oxygen atoms in total. The maximum atomic E-state index is 12.5. The zero-order chi connectivity index (χ0) is 16.2. The largest absolute Gasteiger partial charge is 0.302 e. The fourth-order valence-electron chi connectivity index (χ4n) is 2.93. The minimum atomic E-state index is 0.147. The predicted molar refractivity (Wildman–Crippen MR) is 93.1 cm³/mol. The number of fused-ring (bicyclic) bond motifs is 1. The van der Waals surface area contributed by atoms with Crippen LogP contribution in [-0.4, -0.2) is 26.3 Å². The highest BCUT2D eigenvalue weighted by atomic mass is 32.2. The number of hydrogen-bond donors (Lipinski definition) is 0. The zero-order valence-electron chi connectivity index (χ0n) is 13.4. The Morgan fingerprint density at radius 2 is 2.09 bits per heavy atom. The number of carbonyl (C=O) groups is 1. The van der Waals surface area contributed by atoms with E-state index in [9.17, 15) is 4.79 Å². The summed E-state index contributed by atoms with van der Waals surface area (Å²) >= 11 is 1.44. The molecule has 1 aromatic heterocycles. The molecule has 0 unspecified atom stereocenters. The SMILES string of the molecule is C=CCn1c(C)nnc1SCC(=O)c1ccc2c(c1)CCCC2. The molecule has 0 spiro atoms. The fraction of sp³-hybridized carbons (Fsp3) is 0.389. The number of carbonyl (C=O) groups excluding carboxylic acids is 1. The summed E-state index contributed by atoms with van der Waals surface area (Å²) in [5, 5.41) is 8.99. The molecule has 0 saturated heterocycles. The van der Waals surface area contributed by atoms with Gasteiger partial charge < -0.3 is 4.57 Å². The quantitative estimate of drug-likeness (QED) is 0.462. The van der Waals surface area contributed by atoms with E-state index in [0.29, 0.717) is 12.3 Å². The Morgan fingerprint density at radius 1 is 1.30 bits per heavy atom. The van der Waals surface area contributed by atoms with Gasteiger partial charge in [-0.2, -0.15) is 0 Å². The summed E-state index contributed by atoms with van der Waals surface area (Å²) in [6, 6.07) is 6.17. The summed E-state index contributed by atoms with van der Waals surface area (Å²) in [6.45, 7) is 6.32. The first kappa shape index (κ1) is 16.0. The number of aryl methyl sites for hydroxylation is 3. The van der Waals surface area contributed by atoms with Gasteiger partial charge in [0.1, 0.15) is 5.82 Å². The highest BCUT2D eigenvalue weighted by molar-refractivity contribution is 7.99. The highest BCUT2D eigenvalue weighted by Gasteiger charge is 2.15. The second-order valence-corrected chi connectivity index (χ2v) is 6.77. The number of benzene rings is 1. The van der Waals surface area contributed by atoms with Crippen molar-refractivity contribution in [3.05, 3.63) is 53.4 Å². The number of ketones is 1. The lowest BCUT2D eigenvalue weighted by molar-refractivity contribution is 0.102. The fourth-order valence-corrected chi connectivity index (χ4v) is 3.82. The minimum Gasteiger partial charge on any atom is -0.302 e. The van der Waals surface area contributed by atoms with Crippen molar-refractivity contribution < 1.29 is 4.79 Å². The van der Waals surface area contributed by atoms with Crippen LogP contribution in [0.4, 0.5) is 0 Å². The Balaban J connectivity index is 1.69. The smallest absolute Gasteiger partial charge is 0.191 e. The third kappa shape index (κ3) is 3.55. The van der Waals surface area contributed by atoms with Crippen molar-refractivity contribution in [3.63, 3.8) is 0 Å². The number of allylic oxidation sites excluding steroid dienone is 1. The van der Waals surface area contributed by atoms with E-state index >= 15 is 0 Å². The van der Waals surface area contributed by atoms with E-state index in [0.717, 1.165) is 29.4 Å². The van der Waals surface area contributed by atoms with Crippen molar-refractivity contribution in [1.82, 2.24) is 14.8 Å². The molecule has 0 radical (unpaired) electrons. The second-order valence-electron chi connectivity index (χ2n) is 5.83. The Labute approximate surface area is 141 Å². The van der Waals surface area contributed by atoms with E-state index in [1.54, 1.807) is 0 Å². The van der Waals surface area contributed by atoms with E-state index in [-0.39, 0.29) is 5.78 Å². The van der Waals surface area contributed by atoms with Gasteiger partial charge >= 0.3 is 0 Å². The maximum absolute atomic E-state index is 12.5. The third-order valence-electron chi connectivity index (χ3n) is 4.22. The van der Waals surface area contributed by atoms with Gasteiger partial charge in [-0.15, -0.1) is 16.8 Å². The Morgan fingerprint density at radius 3 is 2.87 bits per heavy atom. The average molecular weight is 327 g/mol. The van der Waals surface area contributed by atoms with Gasteiger partial charge in [0, 0.05) is 12.1 Å². The van der Waals surface area contributed by atoms with Crippen molar-refractivity contribution in [2.24, 2.45) is 0 Å². The molecule has 0 bridgehead atoms. The second kappa shape index (κ2) is 7.13. The van der Waals surface area contributed by atoms with Crippen LogP contribution >= 0.6 is 11.8 Å². The number of thioether (sulfide) groups is 1. The predicted octanol–water partition coefficient (Wildman–Crippen LogP) is 3.63. The molecule has 0 fully saturated rings. The standard InChI is InChI=1S/C18H21N3OS/c1-3-10-21-13(2)19-20-18(21)23-12-17(22)16-9-8-14-6-4-5-7-15(14)11-16/h3,8-9,11H,1,4-7,10,12H2,2H3. The number of Topliss-reactive ketones (excluding diaryl/α,β-unsaturated/α-hetero) is 1. The van der Waals surface area contributed by atoms with Crippen molar-refractivity contribution in [2.75, 3.05) is 5.75 Å². The van der Waals surface area contributed by atoms with Gasteiger partial charge in [-0.3, -0.25) is 4.79 Å². The summed E-state index contributed by atoms with van der Waals surface area (Å²) in [6.07, 6.45) is 6.53. The van der Waals surface area contributed by atoms with Crippen LogP contribution in [0.5, 0.6) is 0 Å². The number of nitrogens with zero attached hydrogens (tertiary/aromatic N) is 3. The first-order valence-electron chi connectivity index (χ1n) is 7.97. The van der Waals surface area contributed by atoms with Crippen LogP contribution in [0.3, 0.4) is 0 Å². The van der Waals surface area contributed by atoms with Crippen molar-refractivity contribution in [2.45, 2.75) is 44.3 Å². The van der Waals surface area contributed by atoms with Crippen molar-refractivity contribution in [3.8, 4) is 0 Å². The van der Waals surface area contributed by atoms with Crippen LogP contribution < -0.4 is 0 Å². The van der Waals surface area contributed by atoms with Crippen LogP contribution in [0.1, 0.15) is 40.2 Å². The lowest BCUT2D eigenvalue weighted by atomic mass is 9.90. The Kier molecular flexibility index (Phi) is 4.96. The molecule has 3 rings (SSSR count). The van der Waals surface area contributed by atoms with E-state index in [1.165, 1.54) is 35.7 Å². The van der Waals surface area contributed by atoms with E-state index in [2.05, 4.69) is 28.9 Å². The molecule has 23 heavy (non-hydrogen) atoms. The average Bonchev–Trinajstić information content (AvgIpc) is 2.93. The Bertz CT molecular complexity index is 736. The molecule has 5 heteroatoms. The molecule has 0 aliphatic heterocycles. The maximum Gasteiger partial charge on any atom is 0.191 e. The topological polar surface area (TPSA) is 47.8 Å². The van der Waals surface area contributed by atoms with Crippen LogP contribution in [-0.2, 0) is 19.4 Å². The summed E-state index contributed by atoms with van der Waals surface area (Å²) in [5.41, 5.74) is 3.56. The lowest BCUT2D eigenvalue weighted by Crippen LogP contribution is -2.08. The molecule has 1 aromatic carbocycles. The van der Waals surface area contributed by atoms with E-state index in [4.69, 9.17) is 0 Å². The van der Waals surface area contributed by atoms with Crippen LogP contribution in [0.25, 0.3) is 0 Å². The van der Waals surface area contributed by atoms with Gasteiger partial charge in [0.25, 0.3) is 0 Å². The zero-order valence-corrected chi connectivity index (χ0v) is 14.2. The highest BCUT2D eigenvalue weighted by Crippen LogP contribution is 2.24. The normalized spacial score (nSPS) is 13.6. The van der Waals surface area contributed by atoms with Gasteiger partial charge in [-0.1, -0.05) is 30.0 Å². The van der Waals surface area contributed by atoms with Crippen molar-refractivity contribution in [1.29, 1.82) is 0 Å². The number of rotatable bonds is 6. The summed E-state index contributed by atoms with van der Waals surface area (Å²) in [7, 11) is 0. The number of hydrogen-bond acceptors (Lipinski definition) is 4. The Hall–Kier alpha value is -1.88. The van der Waals surface area contributed by atoms with Crippen LogP contribution in [0, 0.1) is 6.92 Å². The first-order valence-corrected chi connectivity index (χ1v) is 8.96. The molecule has 0 saturated carbocycles. The van der Waals surface area contributed by atoms with E-state index < -0.39 is 0 Å². The summed E-state index contributed by atoms with van der Waals surface area (Å²) < 4.78 is 1.97. The molecule has 0 atom stereocenters. The van der Waals surface area contributed by atoms with Gasteiger partial charge in [0.2, 0.25) is 0 Å². The molecule has 1 aliphatic carbocycles. The third-order valence-corrected chi connectivity index (χ3v) is 5.18. The van der Waals surface area contributed by atoms with Crippen LogP contribution in [0.2, 0.25) is 0 Å². The summed E-state index contributed by atoms with van der Waals surface area (Å²) in [5.74, 6) is 1.37. The molecule has 2 aromatic rings. The first-order chi connectivity index (χ1) is 11.2. The lowest BCUT2D eigenvalue weighted by Gasteiger charge is -2.16. The van der Waals surface area contributed by atoms with Gasteiger partial charge in [0.05, 0.1) is 5.75 Å². The van der Waals surface area contributed by atoms with Gasteiger partial charge in [-0.25, -0.2) is 0 Å². The van der Waals surface area contributed by atoms with Crippen LogP contribution in [0.15, 0.2) is 36.0 Å². The molecule has 0 amide bonds. The monoisotopic (exact) mass is 327 g/mol. The minimum absolute atomic E-state index is 0.147. The summed E-state index contributed by atoms with van der Waals surface area (Å²) in [4.78, 5) is 12.5. The van der Waals surface area contributed by atoms with Crippen molar-refractivity contribution >= 4 is 17.5 Å². The molecular weight excluding hydrogens is 306 g/mol. The molecular formula is C18H21N3OS. The molecule has 120 valence electrons.